The molecule has 0 spiro atoms. The van der Waals surface area contributed by atoms with E-state index in [1.807, 2.05) is 26.2 Å². The number of nitriles is 2. The Morgan fingerprint density at radius 1 is 0.920 bits per heavy atom. The first kappa shape index (κ1) is 16.0. The van der Waals surface area contributed by atoms with Crippen molar-refractivity contribution in [3.63, 3.8) is 0 Å². The van der Waals surface area contributed by atoms with Crippen molar-refractivity contribution in [2.45, 2.75) is 0 Å². The zero-order valence-corrected chi connectivity index (χ0v) is 13.4. The van der Waals surface area contributed by atoms with Gasteiger partial charge in [0.25, 0.3) is 0 Å². The number of esters is 2. The van der Waals surface area contributed by atoms with Gasteiger partial charge in [0.05, 0.1) is 28.3 Å². The molecule has 0 radical (unpaired) electrons. The Kier molecular flexibility index (Phi) is 3.84. The topological polar surface area (TPSA) is 103 Å². The first-order valence-corrected chi connectivity index (χ1v) is 7.18. The van der Waals surface area contributed by atoms with E-state index in [9.17, 15) is 14.9 Å². The van der Waals surface area contributed by atoms with Crippen LogP contribution in [0.15, 0.2) is 30.3 Å². The van der Waals surface area contributed by atoms with E-state index >= 15 is 0 Å². The lowest BCUT2D eigenvalue weighted by Crippen LogP contribution is -2.23. The largest absolute Gasteiger partial charge is 0.419 e. The van der Waals surface area contributed by atoms with Crippen LogP contribution in [0.3, 0.4) is 0 Å². The smallest absolute Gasteiger partial charge is 0.345 e. The summed E-state index contributed by atoms with van der Waals surface area (Å²) in [6.45, 7) is 0. The van der Waals surface area contributed by atoms with Crippen LogP contribution in [0.4, 0.5) is 5.69 Å². The molecule has 25 heavy (non-hydrogen) atoms. The SMILES string of the molecule is CN(C)c1ccc2c(c1)OC(=O)c1cc(C#N)cc(C#N)c1C(=O)O2. The van der Waals surface area contributed by atoms with Gasteiger partial charge in [-0.1, -0.05) is 0 Å². The second-order valence-corrected chi connectivity index (χ2v) is 5.47. The van der Waals surface area contributed by atoms with Gasteiger partial charge in [-0.2, -0.15) is 10.5 Å². The molecule has 0 bridgehead atoms. The maximum absolute atomic E-state index is 12.5. The van der Waals surface area contributed by atoms with Gasteiger partial charge in [-0.25, -0.2) is 9.59 Å². The summed E-state index contributed by atoms with van der Waals surface area (Å²) >= 11 is 0. The molecule has 1 aliphatic heterocycles. The maximum Gasteiger partial charge on any atom is 0.345 e. The second kappa shape index (κ2) is 5.99. The molecule has 0 fully saturated rings. The minimum atomic E-state index is -0.855. The average molecular weight is 333 g/mol. The standard InChI is InChI=1S/C18H11N3O4/c1-21(2)12-3-4-14-15(7-12)25-17(22)13-6-10(8-19)5-11(9-20)16(13)18(23)24-14/h3-7H,1-2H3. The highest BCUT2D eigenvalue weighted by Crippen LogP contribution is 2.35. The summed E-state index contributed by atoms with van der Waals surface area (Å²) in [6.07, 6.45) is 0. The van der Waals surface area contributed by atoms with Gasteiger partial charge in [0.15, 0.2) is 11.5 Å². The van der Waals surface area contributed by atoms with Crippen molar-refractivity contribution in [1.29, 1.82) is 10.5 Å². The zero-order valence-electron chi connectivity index (χ0n) is 13.4. The van der Waals surface area contributed by atoms with Crippen molar-refractivity contribution in [3.05, 3.63) is 52.6 Å². The Bertz CT molecular complexity index is 997. The molecule has 122 valence electrons. The van der Waals surface area contributed by atoms with Gasteiger partial charge < -0.3 is 14.4 Å². The predicted molar refractivity (Wildman–Crippen MR) is 86.6 cm³/mol. The molecule has 1 aliphatic rings. The van der Waals surface area contributed by atoms with Gasteiger partial charge in [-0.3, -0.25) is 0 Å². The molecule has 0 N–H and O–H groups in total. The summed E-state index contributed by atoms with van der Waals surface area (Å²) < 4.78 is 10.6. The van der Waals surface area contributed by atoms with Crippen molar-refractivity contribution in [3.8, 4) is 23.6 Å². The number of ether oxygens (including phenoxy) is 2. The lowest BCUT2D eigenvalue weighted by Gasteiger charge is -2.19. The Hall–Kier alpha value is -3.84. The van der Waals surface area contributed by atoms with Crippen LogP contribution in [-0.2, 0) is 0 Å². The Labute approximate surface area is 143 Å². The molecule has 7 nitrogen and oxygen atoms in total. The third kappa shape index (κ3) is 2.75. The number of fused-ring (bicyclic) bond motifs is 2. The van der Waals surface area contributed by atoms with E-state index in [4.69, 9.17) is 14.7 Å². The molecule has 1 heterocycles. The second-order valence-electron chi connectivity index (χ2n) is 5.47. The fraction of sp³-hybridized carbons (Fsp3) is 0.111. The van der Waals surface area contributed by atoms with Crippen molar-refractivity contribution >= 4 is 17.6 Å². The fourth-order valence-electron chi connectivity index (χ4n) is 2.42. The Morgan fingerprint density at radius 2 is 1.64 bits per heavy atom. The van der Waals surface area contributed by atoms with Crippen molar-refractivity contribution < 1.29 is 19.1 Å². The Balaban J connectivity index is 2.19. The molecular formula is C18H11N3O4. The summed E-state index contributed by atoms with van der Waals surface area (Å²) in [6, 6.07) is 10.9. The Morgan fingerprint density at radius 3 is 2.28 bits per heavy atom. The molecular weight excluding hydrogens is 322 g/mol. The molecule has 7 heteroatoms. The number of carbonyl (C=O) groups is 2. The van der Waals surface area contributed by atoms with Gasteiger partial charge in [0.1, 0.15) is 6.07 Å². The molecule has 0 saturated carbocycles. The van der Waals surface area contributed by atoms with Gasteiger partial charge in [-0.15, -0.1) is 0 Å². The van der Waals surface area contributed by atoms with Crippen LogP contribution in [-0.4, -0.2) is 26.0 Å². The predicted octanol–water partition coefficient (Wildman–Crippen LogP) is 2.25. The van der Waals surface area contributed by atoms with E-state index in [2.05, 4.69) is 0 Å². The van der Waals surface area contributed by atoms with E-state index in [0.29, 0.717) is 0 Å². The van der Waals surface area contributed by atoms with Gasteiger partial charge in [-0.05, 0) is 24.3 Å². The van der Waals surface area contributed by atoms with E-state index in [1.165, 1.54) is 18.2 Å². The lowest BCUT2D eigenvalue weighted by molar-refractivity contribution is 0.0648. The summed E-state index contributed by atoms with van der Waals surface area (Å²) in [5, 5.41) is 18.3. The number of nitrogens with zero attached hydrogens (tertiary/aromatic N) is 3. The molecule has 2 aromatic rings. The number of carbonyl (C=O) groups excluding carboxylic acids is 2. The van der Waals surface area contributed by atoms with E-state index in [0.717, 1.165) is 5.69 Å². The van der Waals surface area contributed by atoms with Crippen LogP contribution in [0.1, 0.15) is 31.8 Å². The summed E-state index contributed by atoms with van der Waals surface area (Å²) in [4.78, 5) is 26.8. The number of rotatable bonds is 1. The van der Waals surface area contributed by atoms with Crippen LogP contribution >= 0.6 is 0 Å². The minimum Gasteiger partial charge on any atom is -0.419 e. The third-order valence-electron chi connectivity index (χ3n) is 3.66. The molecule has 0 saturated heterocycles. The number of benzene rings is 2. The third-order valence-corrected chi connectivity index (χ3v) is 3.66. The quantitative estimate of drug-likeness (QED) is 0.582. The number of hydrogen-bond acceptors (Lipinski definition) is 7. The van der Waals surface area contributed by atoms with Gasteiger partial charge >= 0.3 is 11.9 Å². The summed E-state index contributed by atoms with van der Waals surface area (Å²) in [5.74, 6) is -1.54. The van der Waals surface area contributed by atoms with Crippen LogP contribution in [0.2, 0.25) is 0 Å². The van der Waals surface area contributed by atoms with E-state index in [1.54, 1.807) is 17.0 Å². The number of anilines is 1. The highest BCUT2D eigenvalue weighted by atomic mass is 16.6. The highest BCUT2D eigenvalue weighted by Gasteiger charge is 2.29. The first-order chi connectivity index (χ1) is 11.9. The number of hydrogen-bond donors (Lipinski definition) is 0. The van der Waals surface area contributed by atoms with Crippen molar-refractivity contribution in [1.82, 2.24) is 0 Å². The van der Waals surface area contributed by atoms with E-state index in [-0.39, 0.29) is 33.8 Å². The van der Waals surface area contributed by atoms with Crippen molar-refractivity contribution in [2.75, 3.05) is 19.0 Å². The molecule has 3 rings (SSSR count). The highest BCUT2D eigenvalue weighted by molar-refractivity contribution is 6.07. The van der Waals surface area contributed by atoms with Crippen LogP contribution in [0.25, 0.3) is 0 Å². The molecule has 0 aromatic heterocycles. The molecule has 0 amide bonds. The fourth-order valence-corrected chi connectivity index (χ4v) is 2.42. The minimum absolute atomic E-state index is 0.0721. The van der Waals surface area contributed by atoms with Crippen LogP contribution in [0.5, 0.6) is 11.5 Å². The molecule has 0 unspecified atom stereocenters. The molecule has 2 aromatic carbocycles. The van der Waals surface area contributed by atoms with Gasteiger partial charge in [0, 0.05) is 25.8 Å². The first-order valence-electron chi connectivity index (χ1n) is 7.18. The summed E-state index contributed by atoms with van der Waals surface area (Å²) in [7, 11) is 3.62. The molecule has 0 aliphatic carbocycles. The van der Waals surface area contributed by atoms with Gasteiger partial charge in [0.2, 0.25) is 0 Å². The lowest BCUT2D eigenvalue weighted by atomic mass is 9.98. The maximum atomic E-state index is 12.5. The van der Waals surface area contributed by atoms with E-state index < -0.39 is 11.9 Å². The van der Waals surface area contributed by atoms with Crippen LogP contribution < -0.4 is 14.4 Å². The van der Waals surface area contributed by atoms with Crippen molar-refractivity contribution in [2.24, 2.45) is 0 Å². The summed E-state index contributed by atoms with van der Waals surface area (Å²) in [5.41, 5.74) is 0.300. The average Bonchev–Trinajstić information content (AvgIpc) is 2.60. The van der Waals surface area contributed by atoms with Crippen LogP contribution in [0, 0.1) is 22.7 Å². The zero-order chi connectivity index (χ0) is 18.1. The molecule has 0 atom stereocenters. The monoisotopic (exact) mass is 333 g/mol. The normalized spacial score (nSPS) is 12.3.